The normalized spacial score (nSPS) is 11.5. The minimum absolute atomic E-state index is 0.0420. The van der Waals surface area contributed by atoms with Gasteiger partial charge in [-0.15, -0.1) is 11.3 Å². The molecule has 0 aliphatic rings. The van der Waals surface area contributed by atoms with Gasteiger partial charge in [0.2, 0.25) is 16.0 Å². The molecule has 2 heterocycles. The number of aryl methyl sites for hydroxylation is 1. The first-order chi connectivity index (χ1) is 9.51. The molecule has 9 heteroatoms. The van der Waals surface area contributed by atoms with Crippen LogP contribution in [0.2, 0.25) is 0 Å². The summed E-state index contributed by atoms with van der Waals surface area (Å²) in [4.78, 5) is 12.9. The van der Waals surface area contributed by atoms with Gasteiger partial charge in [0.05, 0.1) is 17.4 Å². The van der Waals surface area contributed by atoms with E-state index >= 15 is 0 Å². The van der Waals surface area contributed by atoms with Gasteiger partial charge in [0, 0.05) is 24.2 Å². The molecule has 7 nitrogen and oxygen atoms in total. The lowest BCUT2D eigenvalue weighted by atomic mass is 10.6. The molecule has 2 aromatic heterocycles. The maximum Gasteiger partial charge on any atom is 0.243 e. The van der Waals surface area contributed by atoms with E-state index in [4.69, 9.17) is 0 Å². The van der Waals surface area contributed by atoms with Crippen LogP contribution in [0, 0.1) is 6.92 Å². The van der Waals surface area contributed by atoms with Crippen LogP contribution in [0.15, 0.2) is 23.5 Å². The first kappa shape index (κ1) is 14.8. The van der Waals surface area contributed by atoms with Gasteiger partial charge in [-0.05, 0) is 13.8 Å². The molecule has 0 fully saturated rings. The number of thiazole rings is 1. The Morgan fingerprint density at radius 1 is 1.20 bits per heavy atom. The molecule has 0 amide bonds. The minimum Gasteiger partial charge on any atom is -0.355 e. The molecule has 2 rings (SSSR count). The Labute approximate surface area is 121 Å². The van der Waals surface area contributed by atoms with Gasteiger partial charge in [-0.3, -0.25) is 0 Å². The highest BCUT2D eigenvalue weighted by molar-refractivity contribution is 7.89. The Morgan fingerprint density at radius 3 is 2.45 bits per heavy atom. The zero-order valence-electron chi connectivity index (χ0n) is 11.1. The highest BCUT2D eigenvalue weighted by Gasteiger charge is 2.15. The fourth-order valence-corrected chi connectivity index (χ4v) is 3.16. The molecule has 108 valence electrons. The van der Waals surface area contributed by atoms with Crippen LogP contribution in [0.25, 0.3) is 0 Å². The Bertz CT molecular complexity index is 666. The van der Waals surface area contributed by atoms with Crippen LogP contribution in [-0.4, -0.2) is 29.9 Å². The van der Waals surface area contributed by atoms with Gasteiger partial charge in [0.1, 0.15) is 4.90 Å². The van der Waals surface area contributed by atoms with Gasteiger partial charge in [-0.2, -0.15) is 0 Å². The molecular weight excluding hydrogens is 298 g/mol. The minimum atomic E-state index is -3.60. The molecule has 0 saturated heterocycles. The van der Waals surface area contributed by atoms with Crippen LogP contribution in [0.5, 0.6) is 0 Å². The second-order valence-electron chi connectivity index (χ2n) is 3.94. The number of nitrogens with one attached hydrogen (secondary N) is 2. The van der Waals surface area contributed by atoms with Crippen LogP contribution >= 0.6 is 11.3 Å². The zero-order chi connectivity index (χ0) is 14.6. The zero-order valence-corrected chi connectivity index (χ0v) is 12.8. The maximum atomic E-state index is 12.1. The van der Waals surface area contributed by atoms with E-state index in [1.54, 1.807) is 6.20 Å². The van der Waals surface area contributed by atoms with E-state index < -0.39 is 10.0 Å². The maximum absolute atomic E-state index is 12.1. The standard InChI is InChI=1S/C11H15N5O2S2/c1-3-12-11-14-6-10(7-15-11)20(17,18)16-5-9-4-13-8(2)19-9/h4,6-7,16H,3,5H2,1-2H3,(H,12,14,15). The van der Waals surface area contributed by atoms with Crippen molar-refractivity contribution in [1.82, 2.24) is 19.7 Å². The molecule has 0 atom stereocenters. The Hall–Kier alpha value is -1.58. The summed E-state index contributed by atoms with van der Waals surface area (Å²) in [6.45, 7) is 4.67. The van der Waals surface area contributed by atoms with Gasteiger partial charge in [0.25, 0.3) is 0 Å². The quantitative estimate of drug-likeness (QED) is 0.830. The van der Waals surface area contributed by atoms with Crippen molar-refractivity contribution in [2.45, 2.75) is 25.3 Å². The fraction of sp³-hybridized carbons (Fsp3) is 0.364. The average Bonchev–Trinajstić information content (AvgIpc) is 2.84. The van der Waals surface area contributed by atoms with Crippen molar-refractivity contribution < 1.29 is 8.42 Å². The summed E-state index contributed by atoms with van der Waals surface area (Å²) in [5.74, 6) is 0.407. The van der Waals surface area contributed by atoms with Crippen molar-refractivity contribution in [2.24, 2.45) is 0 Å². The van der Waals surface area contributed by atoms with Crippen molar-refractivity contribution in [3.8, 4) is 0 Å². The van der Waals surface area contributed by atoms with E-state index in [9.17, 15) is 8.42 Å². The van der Waals surface area contributed by atoms with Crippen molar-refractivity contribution in [3.05, 3.63) is 28.5 Å². The molecule has 2 N–H and O–H groups in total. The predicted octanol–water partition coefficient (Wildman–Crippen LogP) is 1.15. The first-order valence-corrected chi connectivity index (χ1v) is 8.28. The highest BCUT2D eigenvalue weighted by atomic mass is 32.2. The second kappa shape index (κ2) is 6.25. The predicted molar refractivity (Wildman–Crippen MR) is 77.1 cm³/mol. The largest absolute Gasteiger partial charge is 0.355 e. The van der Waals surface area contributed by atoms with Crippen LogP contribution in [-0.2, 0) is 16.6 Å². The van der Waals surface area contributed by atoms with Gasteiger partial charge in [0.15, 0.2) is 0 Å². The smallest absolute Gasteiger partial charge is 0.243 e. The molecule has 0 saturated carbocycles. The summed E-state index contributed by atoms with van der Waals surface area (Å²) < 4.78 is 26.6. The van der Waals surface area contributed by atoms with Crippen molar-refractivity contribution in [2.75, 3.05) is 11.9 Å². The number of anilines is 1. The van der Waals surface area contributed by atoms with E-state index in [0.717, 1.165) is 9.88 Å². The number of aromatic nitrogens is 3. The number of hydrogen-bond acceptors (Lipinski definition) is 7. The van der Waals surface area contributed by atoms with E-state index in [1.165, 1.54) is 23.7 Å². The molecule has 0 radical (unpaired) electrons. The van der Waals surface area contributed by atoms with Gasteiger partial charge >= 0.3 is 0 Å². The van der Waals surface area contributed by atoms with Gasteiger partial charge in [-0.25, -0.2) is 28.1 Å². The third-order valence-corrected chi connectivity index (χ3v) is 4.65. The lowest BCUT2D eigenvalue weighted by Crippen LogP contribution is -2.23. The van der Waals surface area contributed by atoms with E-state index in [-0.39, 0.29) is 11.4 Å². The monoisotopic (exact) mass is 313 g/mol. The number of sulfonamides is 1. The van der Waals surface area contributed by atoms with Crippen LogP contribution in [0.3, 0.4) is 0 Å². The van der Waals surface area contributed by atoms with Gasteiger partial charge in [-0.1, -0.05) is 0 Å². The van der Waals surface area contributed by atoms with Gasteiger partial charge < -0.3 is 5.32 Å². The van der Waals surface area contributed by atoms with Crippen LogP contribution in [0.1, 0.15) is 16.8 Å². The molecule has 2 aromatic rings. The van der Waals surface area contributed by atoms with Crippen molar-refractivity contribution in [1.29, 1.82) is 0 Å². The molecule has 0 spiro atoms. The molecule has 0 bridgehead atoms. The molecule has 0 aliphatic heterocycles. The molecule has 0 unspecified atom stereocenters. The van der Waals surface area contributed by atoms with Crippen molar-refractivity contribution >= 4 is 27.3 Å². The molecule has 20 heavy (non-hydrogen) atoms. The van der Waals surface area contributed by atoms with Crippen molar-refractivity contribution in [3.63, 3.8) is 0 Å². The van der Waals surface area contributed by atoms with E-state index in [0.29, 0.717) is 12.5 Å². The summed E-state index contributed by atoms with van der Waals surface area (Å²) in [7, 11) is -3.60. The summed E-state index contributed by atoms with van der Waals surface area (Å²) >= 11 is 1.45. The topological polar surface area (TPSA) is 96.9 Å². The average molecular weight is 313 g/mol. The molecular formula is C11H15N5O2S2. The Balaban J connectivity index is 2.05. The number of nitrogens with zero attached hydrogens (tertiary/aromatic N) is 3. The van der Waals surface area contributed by atoms with E-state index in [2.05, 4.69) is 25.0 Å². The Kier molecular flexibility index (Phi) is 4.63. The summed E-state index contributed by atoms with van der Waals surface area (Å²) in [5, 5.41) is 3.80. The summed E-state index contributed by atoms with van der Waals surface area (Å²) in [5.41, 5.74) is 0. The molecule has 0 aromatic carbocycles. The third-order valence-electron chi connectivity index (χ3n) is 2.38. The third kappa shape index (κ3) is 3.71. The number of rotatable bonds is 6. The van der Waals surface area contributed by atoms with E-state index in [1.807, 2.05) is 13.8 Å². The Morgan fingerprint density at radius 2 is 1.90 bits per heavy atom. The summed E-state index contributed by atoms with van der Waals surface area (Å²) in [6, 6.07) is 0. The van der Waals surface area contributed by atoms with Crippen LogP contribution < -0.4 is 10.0 Å². The number of hydrogen-bond donors (Lipinski definition) is 2. The van der Waals surface area contributed by atoms with Crippen LogP contribution in [0.4, 0.5) is 5.95 Å². The second-order valence-corrected chi connectivity index (χ2v) is 7.03. The fourth-order valence-electron chi connectivity index (χ4n) is 1.44. The first-order valence-electron chi connectivity index (χ1n) is 5.98. The summed E-state index contributed by atoms with van der Waals surface area (Å²) in [6.07, 6.45) is 4.23. The lowest BCUT2D eigenvalue weighted by Gasteiger charge is -2.06. The molecule has 0 aliphatic carbocycles. The SMILES string of the molecule is CCNc1ncc(S(=O)(=O)NCc2cnc(C)s2)cn1. The highest BCUT2D eigenvalue weighted by Crippen LogP contribution is 2.13. The lowest BCUT2D eigenvalue weighted by molar-refractivity contribution is 0.581.